The fourth-order valence-electron chi connectivity index (χ4n) is 0. The van der Waals surface area contributed by atoms with Crippen molar-refractivity contribution < 1.29 is 56.0 Å². The molecule has 0 saturated heterocycles. The molecule has 0 fully saturated rings. The standard InChI is InChI=1S/2Fe.4O.Sr/q2*+3;4*-2;+2. The van der Waals surface area contributed by atoms with Gasteiger partial charge in [-0.2, -0.15) is 0 Å². The van der Waals surface area contributed by atoms with Crippen molar-refractivity contribution in [1.29, 1.82) is 0 Å². The van der Waals surface area contributed by atoms with Crippen LogP contribution in [0.3, 0.4) is 0 Å². The zero-order valence-electron chi connectivity index (χ0n) is 3.05. The normalized spacial score (nSPS) is 0. The van der Waals surface area contributed by atoms with Gasteiger partial charge in [0.25, 0.3) is 0 Å². The molecule has 4 nitrogen and oxygen atoms in total. The van der Waals surface area contributed by atoms with Crippen LogP contribution >= 0.6 is 0 Å². The van der Waals surface area contributed by atoms with E-state index in [1.165, 1.54) is 0 Å². The van der Waals surface area contributed by atoms with Gasteiger partial charge in [-0.05, 0) is 0 Å². The Bertz CT molecular complexity index is 9.65. The summed E-state index contributed by atoms with van der Waals surface area (Å²) in [5.41, 5.74) is 0. The summed E-state index contributed by atoms with van der Waals surface area (Å²) in [4.78, 5) is 0. The Kier molecular flexibility index (Phi) is 1360. The molecule has 0 aliphatic heterocycles. The first-order valence-electron chi connectivity index (χ1n) is 0. The minimum Gasteiger partial charge on any atom is -2.00 e. The Morgan fingerprint density at radius 2 is 0.429 bits per heavy atom. The summed E-state index contributed by atoms with van der Waals surface area (Å²) in [5, 5.41) is 0. The molecule has 0 amide bonds. The molecule has 0 aromatic heterocycles. The van der Waals surface area contributed by atoms with Gasteiger partial charge < -0.3 is 21.9 Å². The van der Waals surface area contributed by atoms with Crippen LogP contribution in [0.1, 0.15) is 0 Å². The maximum absolute atomic E-state index is 0. The van der Waals surface area contributed by atoms with Crippen LogP contribution in [-0.2, 0) is 56.0 Å². The van der Waals surface area contributed by atoms with E-state index in [0.29, 0.717) is 0 Å². The Morgan fingerprint density at radius 1 is 0.429 bits per heavy atom. The van der Waals surface area contributed by atoms with Gasteiger partial charge in [0.2, 0.25) is 0 Å². The van der Waals surface area contributed by atoms with Crippen LogP contribution in [0.15, 0.2) is 0 Å². The Morgan fingerprint density at radius 3 is 0.429 bits per heavy atom. The number of hydrogen-bond donors (Lipinski definition) is 0. The molecule has 0 atom stereocenters. The largest absolute Gasteiger partial charge is 3.00 e. The first kappa shape index (κ1) is 117. The Hall–Kier alpha value is 2.36. The van der Waals surface area contributed by atoms with Gasteiger partial charge in [0.15, 0.2) is 0 Å². The first-order valence-corrected chi connectivity index (χ1v) is 0. The summed E-state index contributed by atoms with van der Waals surface area (Å²) in [6.07, 6.45) is 0. The molecule has 7 heavy (non-hydrogen) atoms. The first-order chi connectivity index (χ1) is 0. The smallest absolute Gasteiger partial charge is 2.00 e. The molecule has 0 aromatic carbocycles. The molecule has 0 rings (SSSR count). The molecule has 0 heterocycles. The van der Waals surface area contributed by atoms with Gasteiger partial charge in [0, 0.05) is 0 Å². The molecule has 0 N–H and O–H groups in total. The predicted octanol–water partition coefficient (Wildman–Crippen LogP) is -0.861. The van der Waals surface area contributed by atoms with Crippen molar-refractivity contribution in [3.05, 3.63) is 0 Å². The van der Waals surface area contributed by atoms with Crippen LogP contribution in [0, 0.1) is 0 Å². The SMILES string of the molecule is [Fe+3].[Fe+3].[O-2].[O-2].[O-2].[O-2].[Sr+2]. The third-order valence-corrected chi connectivity index (χ3v) is 0. The van der Waals surface area contributed by atoms with Crippen LogP contribution in [0.5, 0.6) is 0 Å². The Balaban J connectivity index is 0. The molecule has 0 aliphatic rings. The van der Waals surface area contributed by atoms with Crippen molar-refractivity contribution >= 4 is 45.5 Å². The molecule has 0 aliphatic carbocycles. The van der Waals surface area contributed by atoms with Gasteiger partial charge in [-0.1, -0.05) is 0 Å². The van der Waals surface area contributed by atoms with Crippen LogP contribution in [0.4, 0.5) is 0 Å². The van der Waals surface area contributed by atoms with Crippen molar-refractivity contribution in [2.24, 2.45) is 0 Å². The second-order valence-corrected chi connectivity index (χ2v) is 0. The summed E-state index contributed by atoms with van der Waals surface area (Å²) in [7, 11) is 0. The van der Waals surface area contributed by atoms with Crippen LogP contribution in [-0.4, -0.2) is 45.5 Å². The van der Waals surface area contributed by atoms with E-state index in [2.05, 4.69) is 0 Å². The maximum Gasteiger partial charge on any atom is 3.00 e. The van der Waals surface area contributed by atoms with Crippen molar-refractivity contribution in [3.8, 4) is 0 Å². The van der Waals surface area contributed by atoms with E-state index in [0.717, 1.165) is 0 Å². The topological polar surface area (TPSA) is 114 Å². The van der Waals surface area contributed by atoms with Gasteiger partial charge in [0.1, 0.15) is 0 Å². The summed E-state index contributed by atoms with van der Waals surface area (Å²) >= 11 is 0. The molecular weight excluding hydrogens is 263 g/mol. The third kappa shape index (κ3) is 60.7. The van der Waals surface area contributed by atoms with Gasteiger partial charge in [-0.3, -0.25) is 0 Å². The summed E-state index contributed by atoms with van der Waals surface area (Å²) in [6, 6.07) is 0. The Labute approximate surface area is 99.9 Å². The van der Waals surface area contributed by atoms with Crippen LogP contribution < -0.4 is 0 Å². The van der Waals surface area contributed by atoms with E-state index in [9.17, 15) is 0 Å². The summed E-state index contributed by atoms with van der Waals surface area (Å²) in [5.74, 6) is 0. The second-order valence-electron chi connectivity index (χ2n) is 0. The van der Waals surface area contributed by atoms with Gasteiger partial charge in [0.05, 0.1) is 0 Å². The molecule has 0 bridgehead atoms. The molecule has 7 heteroatoms. The van der Waals surface area contributed by atoms with Gasteiger partial charge >= 0.3 is 79.6 Å². The fraction of sp³-hybridized carbons (Fsp3) is 0. The zero-order chi connectivity index (χ0) is 0. The van der Waals surface area contributed by atoms with Crippen molar-refractivity contribution in [2.75, 3.05) is 0 Å². The molecule has 0 unspecified atom stereocenters. The number of hydrogen-bond acceptors (Lipinski definition) is 0. The average molecular weight is 263 g/mol. The number of rotatable bonds is 0. The molecule has 42 valence electrons. The molecule has 0 saturated carbocycles. The predicted molar refractivity (Wildman–Crippen MR) is 8.50 cm³/mol. The van der Waals surface area contributed by atoms with Crippen LogP contribution in [0.2, 0.25) is 0 Å². The van der Waals surface area contributed by atoms with Gasteiger partial charge in [-0.15, -0.1) is 0 Å². The van der Waals surface area contributed by atoms with E-state index in [1.807, 2.05) is 0 Å². The maximum atomic E-state index is 0. The molecule has 0 spiro atoms. The minimum atomic E-state index is 0. The van der Waals surface area contributed by atoms with E-state index in [4.69, 9.17) is 0 Å². The van der Waals surface area contributed by atoms with E-state index in [-0.39, 0.29) is 102 Å². The van der Waals surface area contributed by atoms with Gasteiger partial charge in [-0.25, -0.2) is 0 Å². The summed E-state index contributed by atoms with van der Waals surface area (Å²) in [6.45, 7) is 0. The van der Waals surface area contributed by atoms with Crippen molar-refractivity contribution in [1.82, 2.24) is 0 Å². The van der Waals surface area contributed by atoms with Crippen LogP contribution in [0.25, 0.3) is 0 Å². The average Bonchev–Trinajstić information content (AvgIpc) is 0. The monoisotopic (exact) mass is 264 g/mol. The second kappa shape index (κ2) is 81.3. The minimum absolute atomic E-state index is 0. The molecular formula is Fe2O4Sr. The van der Waals surface area contributed by atoms with Crippen molar-refractivity contribution in [2.45, 2.75) is 0 Å². The molecule has 2 radical (unpaired) electrons. The van der Waals surface area contributed by atoms with E-state index >= 15 is 0 Å². The fourth-order valence-corrected chi connectivity index (χ4v) is 0. The summed E-state index contributed by atoms with van der Waals surface area (Å²) < 4.78 is 0. The van der Waals surface area contributed by atoms with Crippen molar-refractivity contribution in [3.63, 3.8) is 0 Å². The quantitative estimate of drug-likeness (QED) is 0.506. The van der Waals surface area contributed by atoms with E-state index < -0.39 is 0 Å². The molecule has 0 aromatic rings. The van der Waals surface area contributed by atoms with E-state index in [1.54, 1.807) is 0 Å². The zero-order valence-corrected chi connectivity index (χ0v) is 8.73. The third-order valence-electron chi connectivity index (χ3n) is 0.